The van der Waals surface area contributed by atoms with Crippen molar-refractivity contribution in [1.82, 2.24) is 9.80 Å². The number of rotatable bonds is 6. The van der Waals surface area contributed by atoms with Crippen LogP contribution in [-0.2, 0) is 4.79 Å². The number of carbonyl (C=O) groups excluding carboxylic acids is 1. The minimum absolute atomic E-state index is 0.0926. The van der Waals surface area contributed by atoms with Gasteiger partial charge in [0.05, 0.1) is 18.8 Å². The highest BCUT2D eigenvalue weighted by Crippen LogP contribution is 2.10. The predicted octanol–water partition coefficient (Wildman–Crippen LogP) is -0.328. The van der Waals surface area contributed by atoms with Gasteiger partial charge in [-0.05, 0) is 12.8 Å². The topological polar surface area (TPSA) is 64.0 Å². The Balaban J connectivity index is 2.41. The Bertz CT molecular complexity index is 232. The first-order valence-corrected chi connectivity index (χ1v) is 6.44. The molecule has 1 heterocycles. The average molecular weight is 244 g/mol. The van der Waals surface area contributed by atoms with Crippen LogP contribution in [-0.4, -0.2) is 70.9 Å². The fraction of sp³-hybridized carbons (Fsp3) is 0.917. The molecule has 1 fully saturated rings. The van der Waals surface area contributed by atoms with E-state index in [4.69, 9.17) is 0 Å². The normalized spacial score (nSPS) is 25.2. The quantitative estimate of drug-likeness (QED) is 0.672. The molecule has 0 aliphatic carbocycles. The van der Waals surface area contributed by atoms with E-state index in [1.807, 2.05) is 9.80 Å². The second-order valence-electron chi connectivity index (χ2n) is 4.71. The SMILES string of the molecule is CCCN(CCC)C(=O)CN1CC(O)C(O)C1. The first kappa shape index (κ1) is 14.4. The lowest BCUT2D eigenvalue weighted by atomic mass is 10.3. The number of carbonyl (C=O) groups is 1. The summed E-state index contributed by atoms with van der Waals surface area (Å²) in [4.78, 5) is 15.7. The van der Waals surface area contributed by atoms with E-state index in [0.717, 1.165) is 25.9 Å². The fourth-order valence-electron chi connectivity index (χ4n) is 2.17. The molecule has 1 saturated heterocycles. The van der Waals surface area contributed by atoms with Crippen molar-refractivity contribution in [3.8, 4) is 0 Å². The molecular weight excluding hydrogens is 220 g/mol. The first-order chi connectivity index (χ1) is 8.08. The van der Waals surface area contributed by atoms with Crippen LogP contribution in [0.3, 0.4) is 0 Å². The van der Waals surface area contributed by atoms with Crippen LogP contribution in [0.25, 0.3) is 0 Å². The Morgan fingerprint density at radius 1 is 1.18 bits per heavy atom. The molecular formula is C12H24N2O3. The molecule has 0 aromatic heterocycles. The van der Waals surface area contributed by atoms with Gasteiger partial charge in [-0.15, -0.1) is 0 Å². The summed E-state index contributed by atoms with van der Waals surface area (Å²) in [6.45, 7) is 6.75. The van der Waals surface area contributed by atoms with Gasteiger partial charge in [-0.1, -0.05) is 13.8 Å². The molecule has 2 unspecified atom stereocenters. The highest BCUT2D eigenvalue weighted by atomic mass is 16.3. The van der Waals surface area contributed by atoms with Crippen molar-refractivity contribution in [2.24, 2.45) is 0 Å². The molecule has 0 aromatic carbocycles. The van der Waals surface area contributed by atoms with Crippen molar-refractivity contribution in [2.45, 2.75) is 38.9 Å². The summed E-state index contributed by atoms with van der Waals surface area (Å²) in [5.41, 5.74) is 0. The van der Waals surface area contributed by atoms with Crippen LogP contribution in [0.2, 0.25) is 0 Å². The number of hydrogen-bond acceptors (Lipinski definition) is 4. The summed E-state index contributed by atoms with van der Waals surface area (Å²) in [6.07, 6.45) is 0.482. The molecule has 0 saturated carbocycles. The van der Waals surface area contributed by atoms with E-state index in [2.05, 4.69) is 13.8 Å². The molecule has 0 aromatic rings. The molecule has 1 aliphatic heterocycles. The summed E-state index contributed by atoms with van der Waals surface area (Å²) in [7, 11) is 0. The maximum Gasteiger partial charge on any atom is 0.236 e. The molecule has 2 N–H and O–H groups in total. The molecule has 0 spiro atoms. The van der Waals surface area contributed by atoms with Crippen molar-refractivity contribution in [1.29, 1.82) is 0 Å². The summed E-state index contributed by atoms with van der Waals surface area (Å²) in [6, 6.07) is 0. The van der Waals surface area contributed by atoms with Crippen LogP contribution in [0.15, 0.2) is 0 Å². The molecule has 100 valence electrons. The molecule has 1 aliphatic rings. The number of aliphatic hydroxyl groups excluding tert-OH is 2. The van der Waals surface area contributed by atoms with Gasteiger partial charge in [0.25, 0.3) is 0 Å². The van der Waals surface area contributed by atoms with Crippen LogP contribution in [0.5, 0.6) is 0 Å². The molecule has 0 bridgehead atoms. The number of likely N-dealkylation sites (tertiary alicyclic amines) is 1. The zero-order chi connectivity index (χ0) is 12.8. The van der Waals surface area contributed by atoms with Crippen molar-refractivity contribution in [3.05, 3.63) is 0 Å². The maximum atomic E-state index is 12.0. The van der Waals surface area contributed by atoms with E-state index >= 15 is 0 Å². The Labute approximate surface area is 103 Å². The second kappa shape index (κ2) is 6.93. The molecule has 17 heavy (non-hydrogen) atoms. The Hall–Kier alpha value is -0.650. The number of aliphatic hydroxyl groups is 2. The summed E-state index contributed by atoms with van der Waals surface area (Å²) in [5, 5.41) is 18.8. The van der Waals surface area contributed by atoms with Gasteiger partial charge in [0.2, 0.25) is 5.91 Å². The van der Waals surface area contributed by atoms with Crippen LogP contribution >= 0.6 is 0 Å². The van der Waals surface area contributed by atoms with Crippen LogP contribution in [0.1, 0.15) is 26.7 Å². The largest absolute Gasteiger partial charge is 0.389 e. The molecule has 1 amide bonds. The first-order valence-electron chi connectivity index (χ1n) is 6.44. The smallest absolute Gasteiger partial charge is 0.236 e. The number of nitrogens with zero attached hydrogens (tertiary/aromatic N) is 2. The zero-order valence-corrected chi connectivity index (χ0v) is 10.8. The summed E-state index contributed by atoms with van der Waals surface area (Å²) in [5.74, 6) is 0.0926. The van der Waals surface area contributed by atoms with Crippen molar-refractivity contribution in [2.75, 3.05) is 32.7 Å². The van der Waals surface area contributed by atoms with Crippen molar-refractivity contribution >= 4 is 5.91 Å². The minimum Gasteiger partial charge on any atom is -0.389 e. The number of β-amino-alcohol motifs (C(OH)–C–C–N with tert-alkyl or cyclic N) is 2. The van der Waals surface area contributed by atoms with Crippen molar-refractivity contribution < 1.29 is 15.0 Å². The monoisotopic (exact) mass is 244 g/mol. The molecule has 1 rings (SSSR count). The lowest BCUT2D eigenvalue weighted by Gasteiger charge is -2.24. The lowest BCUT2D eigenvalue weighted by Crippen LogP contribution is -2.40. The average Bonchev–Trinajstić information content (AvgIpc) is 2.57. The molecule has 2 atom stereocenters. The van der Waals surface area contributed by atoms with E-state index in [0.29, 0.717) is 19.6 Å². The zero-order valence-electron chi connectivity index (χ0n) is 10.8. The molecule has 0 radical (unpaired) electrons. The van der Waals surface area contributed by atoms with Crippen LogP contribution < -0.4 is 0 Å². The van der Waals surface area contributed by atoms with E-state index in [9.17, 15) is 15.0 Å². The minimum atomic E-state index is -0.714. The number of hydrogen-bond donors (Lipinski definition) is 2. The fourth-order valence-corrected chi connectivity index (χ4v) is 2.17. The predicted molar refractivity (Wildman–Crippen MR) is 65.6 cm³/mol. The third-order valence-electron chi connectivity index (χ3n) is 3.03. The third-order valence-corrected chi connectivity index (χ3v) is 3.03. The van der Waals surface area contributed by atoms with Gasteiger partial charge in [0.1, 0.15) is 0 Å². The van der Waals surface area contributed by atoms with Crippen LogP contribution in [0.4, 0.5) is 0 Å². The Morgan fingerprint density at radius 3 is 2.06 bits per heavy atom. The standard InChI is InChI=1S/C12H24N2O3/c1-3-5-14(6-4-2)12(17)9-13-7-10(15)11(16)8-13/h10-11,15-16H,3-9H2,1-2H3. The van der Waals surface area contributed by atoms with Gasteiger partial charge >= 0.3 is 0 Å². The van der Waals surface area contributed by atoms with Crippen molar-refractivity contribution in [3.63, 3.8) is 0 Å². The Kier molecular flexibility index (Phi) is 5.88. The summed E-state index contributed by atoms with van der Waals surface area (Å²) >= 11 is 0. The van der Waals surface area contributed by atoms with Gasteiger partial charge < -0.3 is 15.1 Å². The van der Waals surface area contributed by atoms with Gasteiger partial charge in [-0.2, -0.15) is 0 Å². The lowest BCUT2D eigenvalue weighted by molar-refractivity contribution is -0.132. The highest BCUT2D eigenvalue weighted by molar-refractivity contribution is 5.78. The molecule has 5 nitrogen and oxygen atoms in total. The Morgan fingerprint density at radius 2 is 1.65 bits per heavy atom. The number of amides is 1. The van der Waals surface area contributed by atoms with E-state index < -0.39 is 12.2 Å². The highest BCUT2D eigenvalue weighted by Gasteiger charge is 2.31. The van der Waals surface area contributed by atoms with Gasteiger partial charge in [-0.25, -0.2) is 0 Å². The van der Waals surface area contributed by atoms with Gasteiger partial charge in [-0.3, -0.25) is 9.69 Å². The third kappa shape index (κ3) is 4.26. The maximum absolute atomic E-state index is 12.0. The van der Waals surface area contributed by atoms with E-state index in [1.165, 1.54) is 0 Å². The van der Waals surface area contributed by atoms with Gasteiger partial charge in [0, 0.05) is 26.2 Å². The molecule has 5 heteroatoms. The van der Waals surface area contributed by atoms with E-state index in [-0.39, 0.29) is 5.91 Å². The van der Waals surface area contributed by atoms with E-state index in [1.54, 1.807) is 0 Å². The van der Waals surface area contributed by atoms with Crippen LogP contribution in [0, 0.1) is 0 Å². The van der Waals surface area contributed by atoms with Gasteiger partial charge in [0.15, 0.2) is 0 Å². The summed E-state index contributed by atoms with van der Waals surface area (Å²) < 4.78 is 0. The second-order valence-corrected chi connectivity index (χ2v) is 4.71.